The number of rotatable bonds is 4. The zero-order chi connectivity index (χ0) is 16.1. The number of hydrogen-bond donors (Lipinski definition) is 0. The summed E-state index contributed by atoms with van der Waals surface area (Å²) in [6, 6.07) is 18.6. The highest BCUT2D eigenvalue weighted by Gasteiger charge is 2.22. The predicted octanol–water partition coefficient (Wildman–Crippen LogP) is 4.34. The van der Waals surface area contributed by atoms with Gasteiger partial charge in [0, 0.05) is 18.7 Å². The molecule has 120 valence electrons. The van der Waals surface area contributed by atoms with E-state index in [9.17, 15) is 4.79 Å². The Balaban J connectivity index is 1.71. The highest BCUT2D eigenvalue weighted by molar-refractivity contribution is 5.95. The molecule has 2 nitrogen and oxygen atoms in total. The number of hydrogen-bond acceptors (Lipinski definition) is 1. The van der Waals surface area contributed by atoms with E-state index >= 15 is 0 Å². The largest absolute Gasteiger partial charge is 0.339 e. The van der Waals surface area contributed by atoms with Crippen LogP contribution in [0.1, 0.15) is 41.3 Å². The van der Waals surface area contributed by atoms with E-state index in [4.69, 9.17) is 0 Å². The van der Waals surface area contributed by atoms with Crippen molar-refractivity contribution in [3.05, 3.63) is 71.3 Å². The number of likely N-dealkylation sites (tertiary alicyclic amines) is 1. The van der Waals surface area contributed by atoms with Gasteiger partial charge in [0.15, 0.2) is 0 Å². The molecule has 0 N–H and O–H groups in total. The highest BCUT2D eigenvalue weighted by Crippen LogP contribution is 2.20. The molecule has 0 atom stereocenters. The fourth-order valence-corrected chi connectivity index (χ4v) is 3.25. The van der Waals surface area contributed by atoms with Crippen LogP contribution in [-0.2, 0) is 12.8 Å². The van der Waals surface area contributed by atoms with Crippen LogP contribution >= 0.6 is 0 Å². The van der Waals surface area contributed by atoms with Gasteiger partial charge in [-0.2, -0.15) is 0 Å². The zero-order valence-electron chi connectivity index (χ0n) is 13.9. The SMILES string of the molecule is CC1CCN(C(=O)c2ccccc2CCc2ccccc2)CC1. The summed E-state index contributed by atoms with van der Waals surface area (Å²) in [6.07, 6.45) is 4.13. The molecular formula is C21H25NO. The molecule has 1 saturated heterocycles. The normalized spacial score (nSPS) is 15.6. The average molecular weight is 307 g/mol. The van der Waals surface area contributed by atoms with E-state index in [2.05, 4.69) is 37.3 Å². The first-order valence-electron chi connectivity index (χ1n) is 8.65. The van der Waals surface area contributed by atoms with Crippen LogP contribution in [-0.4, -0.2) is 23.9 Å². The van der Waals surface area contributed by atoms with Crippen molar-refractivity contribution in [1.29, 1.82) is 0 Å². The first kappa shape index (κ1) is 15.8. The number of carbonyl (C=O) groups excluding carboxylic acids is 1. The van der Waals surface area contributed by atoms with Gasteiger partial charge in [-0.1, -0.05) is 55.5 Å². The lowest BCUT2D eigenvalue weighted by Crippen LogP contribution is -2.38. The van der Waals surface area contributed by atoms with Gasteiger partial charge >= 0.3 is 0 Å². The Hall–Kier alpha value is -2.09. The molecule has 0 unspecified atom stereocenters. The summed E-state index contributed by atoms with van der Waals surface area (Å²) in [5, 5.41) is 0. The molecule has 0 aliphatic carbocycles. The van der Waals surface area contributed by atoms with E-state index in [1.807, 2.05) is 29.2 Å². The van der Waals surface area contributed by atoms with Crippen LogP contribution in [0.5, 0.6) is 0 Å². The predicted molar refractivity (Wildman–Crippen MR) is 94.6 cm³/mol. The van der Waals surface area contributed by atoms with Crippen LogP contribution in [0.25, 0.3) is 0 Å². The number of amides is 1. The number of piperidine rings is 1. The summed E-state index contributed by atoms with van der Waals surface area (Å²) in [7, 11) is 0. The minimum atomic E-state index is 0.209. The van der Waals surface area contributed by atoms with Crippen LogP contribution < -0.4 is 0 Å². The highest BCUT2D eigenvalue weighted by atomic mass is 16.2. The number of carbonyl (C=O) groups is 1. The van der Waals surface area contributed by atoms with E-state index in [0.717, 1.165) is 50.3 Å². The Kier molecular flexibility index (Phi) is 5.12. The molecule has 3 rings (SSSR count). The van der Waals surface area contributed by atoms with E-state index in [1.165, 1.54) is 11.1 Å². The zero-order valence-corrected chi connectivity index (χ0v) is 13.9. The van der Waals surface area contributed by atoms with E-state index < -0.39 is 0 Å². The van der Waals surface area contributed by atoms with Gasteiger partial charge in [0.25, 0.3) is 5.91 Å². The molecule has 1 amide bonds. The summed E-state index contributed by atoms with van der Waals surface area (Å²) < 4.78 is 0. The molecular weight excluding hydrogens is 282 g/mol. The number of benzene rings is 2. The summed E-state index contributed by atoms with van der Waals surface area (Å²) in [5.41, 5.74) is 3.37. The van der Waals surface area contributed by atoms with Crippen molar-refractivity contribution in [2.75, 3.05) is 13.1 Å². The van der Waals surface area contributed by atoms with Gasteiger partial charge in [0.1, 0.15) is 0 Å². The molecule has 0 spiro atoms. The van der Waals surface area contributed by atoms with Gasteiger partial charge in [-0.25, -0.2) is 0 Å². The van der Waals surface area contributed by atoms with Gasteiger partial charge in [-0.15, -0.1) is 0 Å². The monoisotopic (exact) mass is 307 g/mol. The van der Waals surface area contributed by atoms with E-state index in [-0.39, 0.29) is 5.91 Å². The van der Waals surface area contributed by atoms with Gasteiger partial charge in [0.05, 0.1) is 0 Å². The summed E-state index contributed by atoms with van der Waals surface area (Å²) in [4.78, 5) is 14.9. The topological polar surface area (TPSA) is 20.3 Å². The van der Waals surface area contributed by atoms with Crippen molar-refractivity contribution in [3.63, 3.8) is 0 Å². The second kappa shape index (κ2) is 7.45. The maximum Gasteiger partial charge on any atom is 0.254 e. The lowest BCUT2D eigenvalue weighted by molar-refractivity contribution is 0.0696. The van der Waals surface area contributed by atoms with Crippen molar-refractivity contribution < 1.29 is 4.79 Å². The molecule has 2 aromatic carbocycles. The minimum absolute atomic E-state index is 0.209. The lowest BCUT2D eigenvalue weighted by atomic mass is 9.96. The molecule has 23 heavy (non-hydrogen) atoms. The Labute approximate surface area is 139 Å². The van der Waals surface area contributed by atoms with Crippen molar-refractivity contribution in [3.8, 4) is 0 Å². The van der Waals surface area contributed by atoms with Gasteiger partial charge in [0.2, 0.25) is 0 Å². The second-order valence-electron chi connectivity index (χ2n) is 6.62. The molecule has 0 aromatic heterocycles. The Bertz CT molecular complexity index is 642. The third kappa shape index (κ3) is 4.01. The lowest BCUT2D eigenvalue weighted by Gasteiger charge is -2.31. The van der Waals surface area contributed by atoms with Crippen molar-refractivity contribution in [2.45, 2.75) is 32.6 Å². The van der Waals surface area contributed by atoms with Crippen molar-refractivity contribution in [1.82, 2.24) is 4.90 Å². The Morgan fingerprint density at radius 2 is 1.61 bits per heavy atom. The minimum Gasteiger partial charge on any atom is -0.339 e. The van der Waals surface area contributed by atoms with Crippen molar-refractivity contribution in [2.24, 2.45) is 5.92 Å². The first-order valence-corrected chi connectivity index (χ1v) is 8.65. The maximum atomic E-state index is 12.9. The molecule has 1 aliphatic rings. The van der Waals surface area contributed by atoms with Crippen LogP contribution in [0.15, 0.2) is 54.6 Å². The summed E-state index contributed by atoms with van der Waals surface area (Å²) >= 11 is 0. The summed E-state index contributed by atoms with van der Waals surface area (Å²) in [6.45, 7) is 4.07. The molecule has 2 heteroatoms. The first-order chi connectivity index (χ1) is 11.2. The quantitative estimate of drug-likeness (QED) is 0.822. The molecule has 2 aromatic rings. The Morgan fingerprint density at radius 1 is 0.957 bits per heavy atom. The van der Waals surface area contributed by atoms with Gasteiger partial charge in [-0.05, 0) is 48.8 Å². The molecule has 0 radical (unpaired) electrons. The van der Waals surface area contributed by atoms with Crippen LogP contribution in [0.4, 0.5) is 0 Å². The standard InChI is InChI=1S/C21H25NO/c1-17-13-15-22(16-14-17)21(23)20-10-6-5-9-19(20)12-11-18-7-3-2-4-8-18/h2-10,17H,11-16H2,1H3. The third-order valence-electron chi connectivity index (χ3n) is 4.84. The van der Waals surface area contributed by atoms with Crippen molar-refractivity contribution >= 4 is 5.91 Å². The van der Waals surface area contributed by atoms with Crippen LogP contribution in [0.3, 0.4) is 0 Å². The molecule has 1 aliphatic heterocycles. The third-order valence-corrected chi connectivity index (χ3v) is 4.84. The molecule has 1 heterocycles. The van der Waals surface area contributed by atoms with Crippen LogP contribution in [0, 0.1) is 5.92 Å². The van der Waals surface area contributed by atoms with E-state index in [1.54, 1.807) is 0 Å². The number of nitrogens with zero attached hydrogens (tertiary/aromatic N) is 1. The Morgan fingerprint density at radius 3 is 2.35 bits per heavy atom. The summed E-state index contributed by atoms with van der Waals surface area (Å²) in [5.74, 6) is 0.952. The molecule has 0 saturated carbocycles. The fourth-order valence-electron chi connectivity index (χ4n) is 3.25. The average Bonchev–Trinajstić information content (AvgIpc) is 2.61. The van der Waals surface area contributed by atoms with Gasteiger partial charge in [-0.3, -0.25) is 4.79 Å². The van der Waals surface area contributed by atoms with Crippen LogP contribution in [0.2, 0.25) is 0 Å². The van der Waals surface area contributed by atoms with E-state index in [0.29, 0.717) is 0 Å². The smallest absolute Gasteiger partial charge is 0.254 e. The second-order valence-corrected chi connectivity index (χ2v) is 6.62. The number of aryl methyl sites for hydroxylation is 2. The molecule has 1 fully saturated rings. The fraction of sp³-hybridized carbons (Fsp3) is 0.381. The van der Waals surface area contributed by atoms with Gasteiger partial charge < -0.3 is 4.90 Å². The maximum absolute atomic E-state index is 12.9. The molecule has 0 bridgehead atoms.